The molecule has 2 unspecified atom stereocenters. The summed E-state index contributed by atoms with van der Waals surface area (Å²) in [5.41, 5.74) is -0.716. The van der Waals surface area contributed by atoms with Crippen LogP contribution in [-0.2, 0) is 4.79 Å². The highest BCUT2D eigenvalue weighted by Gasteiger charge is 2.36. The average Bonchev–Trinajstić information content (AvgIpc) is 2.80. The Balaban J connectivity index is 1.71. The van der Waals surface area contributed by atoms with Gasteiger partial charge >= 0.3 is 0 Å². The van der Waals surface area contributed by atoms with Crippen molar-refractivity contribution in [2.45, 2.75) is 31.3 Å². The number of amides is 1. The van der Waals surface area contributed by atoms with Crippen molar-refractivity contribution in [1.82, 2.24) is 14.9 Å². The number of piperidine rings is 1. The molecule has 1 fully saturated rings. The third-order valence-electron chi connectivity index (χ3n) is 6.54. The van der Waals surface area contributed by atoms with Crippen molar-refractivity contribution >= 4 is 34.7 Å². The lowest BCUT2D eigenvalue weighted by molar-refractivity contribution is -0.119. The molecular weight excluding hydrogens is 454 g/mol. The molecule has 1 amide bonds. The summed E-state index contributed by atoms with van der Waals surface area (Å²) in [6, 6.07) is 3.82. The molecule has 1 aromatic heterocycles. The molecule has 7 nitrogen and oxygen atoms in total. The summed E-state index contributed by atoms with van der Waals surface area (Å²) in [5.74, 6) is -1.48. The van der Waals surface area contributed by atoms with Gasteiger partial charge in [0.15, 0.2) is 11.6 Å². The molecule has 33 heavy (non-hydrogen) atoms. The largest absolute Gasteiger partial charge is 0.507 e. The van der Waals surface area contributed by atoms with Crippen LogP contribution in [-0.4, -0.2) is 58.7 Å². The number of halogens is 3. The van der Waals surface area contributed by atoms with Gasteiger partial charge in [0.1, 0.15) is 29.2 Å². The Morgan fingerprint density at radius 3 is 2.85 bits per heavy atom. The fraction of sp³-hybridized carbons (Fsp3) is 0.348. The molecule has 2 aliphatic rings. The molecular formula is C23H21ClF2N4O3. The molecule has 1 N–H and O–H groups in total. The molecule has 0 saturated carbocycles. The Labute approximate surface area is 193 Å². The summed E-state index contributed by atoms with van der Waals surface area (Å²) < 4.78 is 36.4. The van der Waals surface area contributed by atoms with E-state index in [1.54, 1.807) is 11.9 Å². The second-order valence-electron chi connectivity index (χ2n) is 8.32. The number of phenolic OH excluding ortho intramolecular Hbond substituents is 1. The van der Waals surface area contributed by atoms with Crippen LogP contribution in [0.3, 0.4) is 0 Å². The van der Waals surface area contributed by atoms with Crippen molar-refractivity contribution in [2.24, 2.45) is 0 Å². The third-order valence-corrected chi connectivity index (χ3v) is 6.90. The van der Waals surface area contributed by atoms with Crippen LogP contribution in [0.15, 0.2) is 24.5 Å². The smallest absolute Gasteiger partial charge is 0.209 e. The maximum atomic E-state index is 15.8. The number of anilines is 1. The van der Waals surface area contributed by atoms with Crippen molar-refractivity contribution in [3.05, 3.63) is 41.2 Å². The predicted octanol–water partition coefficient (Wildman–Crippen LogP) is 4.14. The summed E-state index contributed by atoms with van der Waals surface area (Å²) >= 11 is 6.60. The minimum Gasteiger partial charge on any atom is -0.507 e. The van der Waals surface area contributed by atoms with Crippen LogP contribution in [0.1, 0.15) is 19.3 Å². The van der Waals surface area contributed by atoms with E-state index in [0.717, 1.165) is 25.3 Å². The first kappa shape index (κ1) is 21.6. The number of aromatic hydroxyl groups is 1. The van der Waals surface area contributed by atoms with E-state index in [1.165, 1.54) is 18.5 Å². The first-order chi connectivity index (χ1) is 15.9. The van der Waals surface area contributed by atoms with Crippen molar-refractivity contribution < 1.29 is 23.4 Å². The zero-order valence-corrected chi connectivity index (χ0v) is 18.5. The number of aromatic nitrogens is 2. The second kappa shape index (κ2) is 8.30. The number of benzene rings is 2. The Kier molecular flexibility index (Phi) is 5.44. The van der Waals surface area contributed by atoms with Gasteiger partial charge in [0.05, 0.1) is 22.6 Å². The van der Waals surface area contributed by atoms with Crippen LogP contribution in [0.25, 0.3) is 22.0 Å². The highest BCUT2D eigenvalue weighted by molar-refractivity contribution is 6.36. The molecule has 10 heteroatoms. The van der Waals surface area contributed by atoms with Crippen molar-refractivity contribution in [1.29, 1.82) is 0 Å². The van der Waals surface area contributed by atoms with Gasteiger partial charge in [0.25, 0.3) is 0 Å². The quantitative estimate of drug-likeness (QED) is 0.575. The van der Waals surface area contributed by atoms with Crippen LogP contribution in [0.4, 0.5) is 14.6 Å². The fourth-order valence-electron chi connectivity index (χ4n) is 4.86. The minimum absolute atomic E-state index is 0.0227. The highest BCUT2D eigenvalue weighted by atomic mass is 35.5. The molecule has 2 atom stereocenters. The first-order valence-corrected chi connectivity index (χ1v) is 11.0. The zero-order valence-electron chi connectivity index (χ0n) is 17.8. The standard InChI is InChI=1S/C23H21ClF2N4O3/c1-29(11-31)12-5-7-30-13(9-12)6-8-33-22-18-21(27-10-28-23(18)30)20(26)17(19(22)24)16-14(25)3-2-4-15(16)32/h2-4,10-13,32H,5-9H2,1H3. The Hall–Kier alpha value is -3.20. The third kappa shape index (κ3) is 3.42. The van der Waals surface area contributed by atoms with Gasteiger partial charge < -0.3 is 19.6 Å². The maximum Gasteiger partial charge on any atom is 0.209 e. The molecule has 3 aromatic rings. The lowest BCUT2D eigenvalue weighted by atomic mass is 9.93. The highest BCUT2D eigenvalue weighted by Crippen LogP contribution is 2.49. The number of ether oxygens (including phenoxy) is 1. The van der Waals surface area contributed by atoms with E-state index in [9.17, 15) is 14.3 Å². The molecule has 2 aliphatic heterocycles. The number of nitrogens with zero attached hydrogens (tertiary/aromatic N) is 4. The number of rotatable bonds is 3. The Bertz CT molecular complexity index is 1240. The summed E-state index contributed by atoms with van der Waals surface area (Å²) in [5, 5.41) is 10.4. The molecule has 1 saturated heterocycles. The normalized spacial score (nSPS) is 19.9. The van der Waals surface area contributed by atoms with Gasteiger partial charge in [-0.05, 0) is 25.0 Å². The number of phenols is 1. The average molecular weight is 475 g/mol. The van der Waals surface area contributed by atoms with Crippen LogP contribution < -0.4 is 9.64 Å². The van der Waals surface area contributed by atoms with Gasteiger partial charge in [-0.25, -0.2) is 18.7 Å². The van der Waals surface area contributed by atoms with Gasteiger partial charge in [-0.15, -0.1) is 0 Å². The summed E-state index contributed by atoms with van der Waals surface area (Å²) in [7, 11) is 1.76. The fourth-order valence-corrected chi connectivity index (χ4v) is 5.18. The zero-order chi connectivity index (χ0) is 23.3. The van der Waals surface area contributed by atoms with Crippen LogP contribution in [0.5, 0.6) is 11.5 Å². The molecule has 172 valence electrons. The summed E-state index contributed by atoms with van der Waals surface area (Å²) in [4.78, 5) is 23.6. The molecule has 3 heterocycles. The lowest BCUT2D eigenvalue weighted by Gasteiger charge is -2.43. The van der Waals surface area contributed by atoms with Crippen LogP contribution >= 0.6 is 11.6 Å². The minimum atomic E-state index is -0.862. The van der Waals surface area contributed by atoms with Gasteiger partial charge in [0, 0.05) is 37.7 Å². The van der Waals surface area contributed by atoms with E-state index < -0.39 is 17.4 Å². The van der Waals surface area contributed by atoms with E-state index in [-0.39, 0.29) is 46.1 Å². The number of hydrogen-bond donors (Lipinski definition) is 1. The van der Waals surface area contributed by atoms with E-state index in [2.05, 4.69) is 14.9 Å². The van der Waals surface area contributed by atoms with Gasteiger partial charge in [0.2, 0.25) is 6.41 Å². The van der Waals surface area contributed by atoms with E-state index in [1.807, 2.05) is 0 Å². The van der Waals surface area contributed by atoms with E-state index >= 15 is 4.39 Å². The van der Waals surface area contributed by atoms with Gasteiger partial charge in [-0.1, -0.05) is 17.7 Å². The molecule has 0 bridgehead atoms. The monoisotopic (exact) mass is 474 g/mol. The Morgan fingerprint density at radius 1 is 1.27 bits per heavy atom. The number of carbonyl (C=O) groups is 1. The molecule has 5 rings (SSSR count). The molecule has 0 aliphatic carbocycles. The van der Waals surface area contributed by atoms with Crippen molar-refractivity contribution in [3.8, 4) is 22.6 Å². The molecule has 0 radical (unpaired) electrons. The number of hydrogen-bond acceptors (Lipinski definition) is 6. The molecule has 0 spiro atoms. The lowest BCUT2D eigenvalue weighted by Crippen LogP contribution is -2.50. The van der Waals surface area contributed by atoms with Gasteiger partial charge in [-0.3, -0.25) is 4.79 Å². The number of fused-ring (bicyclic) bond motifs is 2. The topological polar surface area (TPSA) is 78.8 Å². The van der Waals surface area contributed by atoms with Crippen molar-refractivity contribution in [3.63, 3.8) is 0 Å². The number of carbonyl (C=O) groups excluding carboxylic acids is 1. The van der Waals surface area contributed by atoms with Crippen LogP contribution in [0, 0.1) is 11.6 Å². The van der Waals surface area contributed by atoms with Gasteiger partial charge in [-0.2, -0.15) is 0 Å². The summed E-state index contributed by atoms with van der Waals surface area (Å²) in [6.07, 6.45) is 4.15. The maximum absolute atomic E-state index is 15.8. The molecule has 2 aromatic carbocycles. The first-order valence-electron chi connectivity index (χ1n) is 10.6. The van der Waals surface area contributed by atoms with E-state index in [4.69, 9.17) is 16.3 Å². The Morgan fingerprint density at radius 2 is 2.09 bits per heavy atom. The van der Waals surface area contributed by atoms with Crippen LogP contribution in [0.2, 0.25) is 5.02 Å². The predicted molar refractivity (Wildman–Crippen MR) is 120 cm³/mol. The van der Waals surface area contributed by atoms with E-state index in [0.29, 0.717) is 24.2 Å². The SMILES string of the molecule is CN(C=O)C1CCN2c3ncnc4c(F)c(-c5c(O)cccc5F)c(Cl)c(c34)OCCC2C1. The van der Waals surface area contributed by atoms with Crippen molar-refractivity contribution in [2.75, 3.05) is 25.1 Å². The summed E-state index contributed by atoms with van der Waals surface area (Å²) in [6.45, 7) is 0.879. The second-order valence-corrected chi connectivity index (χ2v) is 8.70.